The fourth-order valence-electron chi connectivity index (χ4n) is 1.22. The Bertz CT molecular complexity index is 479. The van der Waals surface area contributed by atoms with Crippen LogP contribution in [-0.2, 0) is 0 Å². The predicted molar refractivity (Wildman–Crippen MR) is 55.1 cm³/mol. The van der Waals surface area contributed by atoms with Crippen molar-refractivity contribution >= 4 is 44.1 Å². The van der Waals surface area contributed by atoms with Gasteiger partial charge in [0.15, 0.2) is 12.1 Å². The minimum absolute atomic E-state index is 0.0211. The van der Waals surface area contributed by atoms with Crippen LogP contribution in [0.25, 0.3) is 9.40 Å². The van der Waals surface area contributed by atoms with E-state index in [1.54, 1.807) is 5.38 Å². The summed E-state index contributed by atoms with van der Waals surface area (Å²) in [6.07, 6.45) is 0.804. The van der Waals surface area contributed by atoms with Crippen LogP contribution in [0, 0.1) is 0 Å². The first kappa shape index (κ1) is 8.59. The standard InChI is InChI=1S/C9H6O2S2/c1-5(11)7-4-13-9-8(7)6(2-10)3-12-9/h2-4H,1H3. The van der Waals surface area contributed by atoms with Crippen LogP contribution in [0.1, 0.15) is 27.6 Å². The van der Waals surface area contributed by atoms with E-state index in [4.69, 9.17) is 0 Å². The van der Waals surface area contributed by atoms with Crippen LogP contribution in [-0.4, -0.2) is 12.1 Å². The molecule has 0 aromatic carbocycles. The van der Waals surface area contributed by atoms with Crippen molar-refractivity contribution in [2.24, 2.45) is 0 Å². The van der Waals surface area contributed by atoms with E-state index in [1.807, 2.05) is 5.38 Å². The van der Waals surface area contributed by atoms with Gasteiger partial charge in [0.1, 0.15) is 0 Å². The van der Waals surface area contributed by atoms with Crippen LogP contribution >= 0.6 is 22.7 Å². The number of aldehydes is 1. The van der Waals surface area contributed by atoms with Crippen molar-refractivity contribution in [2.75, 3.05) is 0 Å². The molecule has 2 aromatic rings. The predicted octanol–water partition coefficient (Wildman–Crippen LogP) is 2.98. The Kier molecular flexibility index (Phi) is 2.01. The first-order chi connectivity index (χ1) is 6.24. The van der Waals surface area contributed by atoms with Gasteiger partial charge in [-0.05, 0) is 6.92 Å². The molecular weight excluding hydrogens is 204 g/mol. The topological polar surface area (TPSA) is 34.1 Å². The average Bonchev–Trinajstić information content (AvgIpc) is 2.61. The maximum Gasteiger partial charge on any atom is 0.161 e. The first-order valence-corrected chi connectivity index (χ1v) is 5.44. The lowest BCUT2D eigenvalue weighted by Crippen LogP contribution is -1.89. The van der Waals surface area contributed by atoms with Crippen LogP contribution < -0.4 is 0 Å². The molecule has 0 spiro atoms. The zero-order chi connectivity index (χ0) is 9.42. The van der Waals surface area contributed by atoms with E-state index in [9.17, 15) is 9.59 Å². The smallest absolute Gasteiger partial charge is 0.161 e. The highest BCUT2D eigenvalue weighted by atomic mass is 32.2. The van der Waals surface area contributed by atoms with Gasteiger partial charge in [0.2, 0.25) is 0 Å². The third kappa shape index (κ3) is 1.22. The molecule has 0 atom stereocenters. The summed E-state index contributed by atoms with van der Waals surface area (Å²) < 4.78 is 1.05. The second kappa shape index (κ2) is 3.05. The number of hydrogen-bond donors (Lipinski definition) is 0. The van der Waals surface area contributed by atoms with Gasteiger partial charge < -0.3 is 0 Å². The molecule has 0 saturated heterocycles. The zero-order valence-electron chi connectivity index (χ0n) is 6.87. The molecule has 0 N–H and O–H groups in total. The largest absolute Gasteiger partial charge is 0.298 e. The van der Waals surface area contributed by atoms with Crippen LogP contribution in [0.5, 0.6) is 0 Å². The van der Waals surface area contributed by atoms with Crippen molar-refractivity contribution in [3.63, 3.8) is 0 Å². The van der Waals surface area contributed by atoms with Gasteiger partial charge in [-0.15, -0.1) is 22.7 Å². The van der Waals surface area contributed by atoms with E-state index in [0.717, 1.165) is 15.7 Å². The minimum atomic E-state index is 0.0211. The first-order valence-electron chi connectivity index (χ1n) is 3.69. The van der Waals surface area contributed by atoms with Gasteiger partial charge in [-0.25, -0.2) is 0 Å². The van der Waals surface area contributed by atoms with Crippen molar-refractivity contribution in [2.45, 2.75) is 6.92 Å². The van der Waals surface area contributed by atoms with E-state index in [-0.39, 0.29) is 5.78 Å². The van der Waals surface area contributed by atoms with Crippen molar-refractivity contribution in [3.8, 4) is 0 Å². The number of fused-ring (bicyclic) bond motifs is 1. The highest BCUT2D eigenvalue weighted by molar-refractivity contribution is 7.37. The van der Waals surface area contributed by atoms with E-state index >= 15 is 0 Å². The Hall–Kier alpha value is -1.00. The summed E-state index contributed by atoms with van der Waals surface area (Å²) in [5.41, 5.74) is 1.30. The van der Waals surface area contributed by atoms with Gasteiger partial charge in [-0.3, -0.25) is 9.59 Å². The molecule has 2 nitrogen and oxygen atoms in total. The molecule has 2 aromatic heterocycles. The lowest BCUT2D eigenvalue weighted by atomic mass is 10.1. The Morgan fingerprint density at radius 2 is 2.08 bits per heavy atom. The summed E-state index contributed by atoms with van der Waals surface area (Å²) in [7, 11) is 0. The van der Waals surface area contributed by atoms with E-state index in [0.29, 0.717) is 11.1 Å². The van der Waals surface area contributed by atoms with Crippen LogP contribution in [0.4, 0.5) is 0 Å². The Labute approximate surface area is 82.8 Å². The summed E-state index contributed by atoms with van der Waals surface area (Å²) in [6, 6.07) is 0. The summed E-state index contributed by atoms with van der Waals surface area (Å²) in [5, 5.41) is 4.44. The molecule has 0 aliphatic heterocycles. The molecule has 0 bridgehead atoms. The van der Waals surface area contributed by atoms with Gasteiger partial charge >= 0.3 is 0 Å². The van der Waals surface area contributed by atoms with Gasteiger partial charge in [-0.2, -0.15) is 0 Å². The van der Waals surface area contributed by atoms with E-state index in [2.05, 4.69) is 0 Å². The highest BCUT2D eigenvalue weighted by Gasteiger charge is 2.13. The fraction of sp³-hybridized carbons (Fsp3) is 0.111. The van der Waals surface area contributed by atoms with Gasteiger partial charge in [0, 0.05) is 27.3 Å². The summed E-state index contributed by atoms with van der Waals surface area (Å²) in [4.78, 5) is 21.8. The monoisotopic (exact) mass is 210 g/mol. The van der Waals surface area contributed by atoms with Crippen molar-refractivity contribution in [1.29, 1.82) is 0 Å². The molecule has 2 rings (SSSR count). The number of carbonyl (C=O) groups is 2. The molecule has 0 amide bonds. The quantitative estimate of drug-likeness (QED) is 0.564. The normalized spacial score (nSPS) is 10.5. The second-order valence-electron chi connectivity index (χ2n) is 2.68. The third-order valence-electron chi connectivity index (χ3n) is 1.85. The number of hydrogen-bond acceptors (Lipinski definition) is 4. The molecule has 2 heterocycles. The number of Topliss-reactive ketones (excluding diaryl/α,β-unsaturated/α-hetero) is 1. The molecular formula is C9H6O2S2. The number of thiophene rings is 2. The van der Waals surface area contributed by atoms with Crippen LogP contribution in [0.2, 0.25) is 0 Å². The summed E-state index contributed by atoms with van der Waals surface area (Å²) in [5.74, 6) is 0.0211. The van der Waals surface area contributed by atoms with Crippen LogP contribution in [0.3, 0.4) is 0 Å². The van der Waals surface area contributed by atoms with Gasteiger partial charge in [0.25, 0.3) is 0 Å². The Balaban J connectivity index is 2.82. The van der Waals surface area contributed by atoms with Crippen molar-refractivity contribution in [1.82, 2.24) is 0 Å². The Morgan fingerprint density at radius 3 is 2.69 bits per heavy atom. The van der Waals surface area contributed by atoms with Crippen molar-refractivity contribution < 1.29 is 9.59 Å². The van der Waals surface area contributed by atoms with Crippen LogP contribution in [0.15, 0.2) is 10.8 Å². The van der Waals surface area contributed by atoms with Gasteiger partial charge in [0.05, 0.1) is 4.01 Å². The minimum Gasteiger partial charge on any atom is -0.298 e. The molecule has 0 fully saturated rings. The number of rotatable bonds is 2. The summed E-state index contributed by atoms with van der Waals surface area (Å²) >= 11 is 3.03. The molecule has 0 aliphatic rings. The second-order valence-corrected chi connectivity index (χ2v) is 4.69. The Morgan fingerprint density at radius 1 is 1.38 bits per heavy atom. The average molecular weight is 210 g/mol. The maximum atomic E-state index is 11.2. The summed E-state index contributed by atoms with van der Waals surface area (Å²) in [6.45, 7) is 1.52. The van der Waals surface area contributed by atoms with Crippen molar-refractivity contribution in [3.05, 3.63) is 21.9 Å². The maximum absolute atomic E-state index is 11.2. The molecule has 4 heteroatoms. The molecule has 0 saturated carbocycles. The lowest BCUT2D eigenvalue weighted by molar-refractivity contribution is 0.101. The molecule has 0 radical (unpaired) electrons. The van der Waals surface area contributed by atoms with E-state index in [1.165, 1.54) is 29.6 Å². The fourth-order valence-corrected chi connectivity index (χ4v) is 3.34. The molecule has 0 aliphatic carbocycles. The molecule has 66 valence electrons. The SMILES string of the molecule is CC(=O)c1csc2scc(C=O)c12. The zero-order valence-corrected chi connectivity index (χ0v) is 8.50. The number of ketones is 1. The van der Waals surface area contributed by atoms with E-state index < -0.39 is 0 Å². The molecule has 13 heavy (non-hydrogen) atoms. The highest BCUT2D eigenvalue weighted by Crippen LogP contribution is 2.33. The molecule has 0 unspecified atom stereocenters. The van der Waals surface area contributed by atoms with Gasteiger partial charge in [-0.1, -0.05) is 0 Å². The number of carbonyl (C=O) groups excluding carboxylic acids is 2. The lowest BCUT2D eigenvalue weighted by Gasteiger charge is -1.89. The third-order valence-corrected chi connectivity index (χ3v) is 3.98.